The summed E-state index contributed by atoms with van der Waals surface area (Å²) in [5.41, 5.74) is 2.87. The highest BCUT2D eigenvalue weighted by atomic mass is 16.3. The Hall–Kier alpha value is -1.77. The van der Waals surface area contributed by atoms with Crippen molar-refractivity contribution in [1.82, 2.24) is 4.98 Å². The van der Waals surface area contributed by atoms with Crippen LogP contribution in [0.2, 0.25) is 0 Å². The quantitative estimate of drug-likeness (QED) is 0.487. The molecule has 66 valence electrons. The minimum atomic E-state index is 0.719. The zero-order valence-corrected chi connectivity index (χ0v) is 7.82. The van der Waals surface area contributed by atoms with E-state index in [0.717, 1.165) is 16.7 Å². The first-order valence-corrected chi connectivity index (χ1v) is 4.59. The Morgan fingerprint density at radius 3 is 3.00 bits per heavy atom. The monoisotopic (exact) mass is 181 g/mol. The van der Waals surface area contributed by atoms with Crippen LogP contribution in [0, 0.1) is 0 Å². The van der Waals surface area contributed by atoms with E-state index in [-0.39, 0.29) is 0 Å². The van der Waals surface area contributed by atoms with Crippen LogP contribution in [-0.4, -0.2) is 12.8 Å². The number of furan rings is 1. The molecular formula is C11H8BNO. The fourth-order valence-corrected chi connectivity index (χ4v) is 1.84. The van der Waals surface area contributed by atoms with Crippen LogP contribution in [0.5, 0.6) is 0 Å². The maximum absolute atomic E-state index is 5.62. The van der Waals surface area contributed by atoms with Gasteiger partial charge < -0.3 is 4.42 Å². The van der Waals surface area contributed by atoms with Crippen molar-refractivity contribution in [2.75, 3.05) is 0 Å². The van der Waals surface area contributed by atoms with E-state index in [9.17, 15) is 0 Å². The highest BCUT2D eigenvalue weighted by Crippen LogP contribution is 2.24. The number of hydrogen-bond acceptors (Lipinski definition) is 2. The summed E-state index contributed by atoms with van der Waals surface area (Å²) in [6.45, 7) is 0. The summed E-state index contributed by atoms with van der Waals surface area (Å²) in [4.78, 5) is 4.19. The molecule has 0 radical (unpaired) electrons. The Morgan fingerprint density at radius 2 is 2.07 bits per heavy atom. The van der Waals surface area contributed by atoms with Crippen LogP contribution in [0.25, 0.3) is 22.1 Å². The number of nitrogens with zero attached hydrogens (tertiary/aromatic N) is 1. The van der Waals surface area contributed by atoms with E-state index in [2.05, 4.69) is 18.9 Å². The molecule has 3 aromatic rings. The number of fused-ring (bicyclic) bond motifs is 3. The molecule has 2 heterocycles. The van der Waals surface area contributed by atoms with Crippen LogP contribution in [-0.2, 0) is 0 Å². The standard InChI is InChI=1S/C11H8BNO/c12-8-4-1-5-9-10(8)7-3-2-6-13-11(7)14-9/h1-6H,12H2. The van der Waals surface area contributed by atoms with Crippen molar-refractivity contribution in [2.24, 2.45) is 0 Å². The van der Waals surface area contributed by atoms with Gasteiger partial charge in [-0.25, -0.2) is 4.98 Å². The van der Waals surface area contributed by atoms with E-state index in [1.807, 2.05) is 24.3 Å². The molecule has 2 aromatic heterocycles. The van der Waals surface area contributed by atoms with Gasteiger partial charge in [-0.2, -0.15) is 0 Å². The van der Waals surface area contributed by atoms with Crippen LogP contribution in [0.4, 0.5) is 0 Å². The van der Waals surface area contributed by atoms with Gasteiger partial charge in [-0.15, -0.1) is 0 Å². The SMILES string of the molecule is Bc1cccc2oc3ncccc3c12. The van der Waals surface area contributed by atoms with Crippen LogP contribution in [0.3, 0.4) is 0 Å². The summed E-state index contributed by atoms with van der Waals surface area (Å²) in [7, 11) is 2.09. The fraction of sp³-hybridized carbons (Fsp3) is 0. The van der Waals surface area contributed by atoms with E-state index in [1.54, 1.807) is 6.20 Å². The number of pyridine rings is 1. The molecule has 1 aromatic carbocycles. The summed E-state index contributed by atoms with van der Waals surface area (Å²) in [5.74, 6) is 0. The summed E-state index contributed by atoms with van der Waals surface area (Å²) in [5, 5.41) is 2.27. The molecular weight excluding hydrogens is 173 g/mol. The van der Waals surface area contributed by atoms with Gasteiger partial charge in [0.15, 0.2) is 0 Å². The smallest absolute Gasteiger partial charge is 0.227 e. The van der Waals surface area contributed by atoms with Gasteiger partial charge in [0.1, 0.15) is 13.4 Å². The van der Waals surface area contributed by atoms with Crippen molar-refractivity contribution in [2.45, 2.75) is 0 Å². The lowest BCUT2D eigenvalue weighted by molar-refractivity contribution is 0.654. The Balaban J connectivity index is 2.65. The molecule has 0 aliphatic carbocycles. The zero-order valence-electron chi connectivity index (χ0n) is 7.82. The first-order chi connectivity index (χ1) is 6.86. The van der Waals surface area contributed by atoms with Gasteiger partial charge >= 0.3 is 0 Å². The third-order valence-electron chi connectivity index (χ3n) is 2.48. The molecule has 0 amide bonds. The molecule has 3 rings (SSSR count). The van der Waals surface area contributed by atoms with E-state index >= 15 is 0 Å². The minimum Gasteiger partial charge on any atom is -0.438 e. The highest BCUT2D eigenvalue weighted by Gasteiger charge is 2.07. The van der Waals surface area contributed by atoms with Crippen molar-refractivity contribution in [1.29, 1.82) is 0 Å². The molecule has 0 fully saturated rings. The third kappa shape index (κ3) is 0.895. The maximum atomic E-state index is 5.62. The molecule has 0 aliphatic heterocycles. The van der Waals surface area contributed by atoms with E-state index < -0.39 is 0 Å². The first-order valence-electron chi connectivity index (χ1n) is 4.59. The number of aromatic nitrogens is 1. The Kier molecular flexibility index (Phi) is 1.42. The average Bonchev–Trinajstić information content (AvgIpc) is 2.57. The zero-order chi connectivity index (χ0) is 9.54. The summed E-state index contributed by atoms with van der Waals surface area (Å²) in [6.07, 6.45) is 1.75. The summed E-state index contributed by atoms with van der Waals surface area (Å²) >= 11 is 0. The molecule has 0 N–H and O–H groups in total. The van der Waals surface area contributed by atoms with Crippen molar-refractivity contribution in [3.63, 3.8) is 0 Å². The van der Waals surface area contributed by atoms with E-state index in [1.165, 1.54) is 10.8 Å². The van der Waals surface area contributed by atoms with Gasteiger partial charge in [0, 0.05) is 17.0 Å². The Bertz CT molecular complexity index is 615. The molecule has 0 bridgehead atoms. The molecule has 0 spiro atoms. The molecule has 0 aliphatic rings. The molecule has 2 nitrogen and oxygen atoms in total. The van der Waals surface area contributed by atoms with Gasteiger partial charge in [0.25, 0.3) is 0 Å². The van der Waals surface area contributed by atoms with Crippen molar-refractivity contribution in [3.8, 4) is 0 Å². The second-order valence-electron chi connectivity index (χ2n) is 3.41. The Morgan fingerprint density at radius 1 is 1.14 bits per heavy atom. The molecule has 3 heteroatoms. The normalized spacial score (nSPS) is 11.1. The van der Waals surface area contributed by atoms with Crippen LogP contribution in [0.1, 0.15) is 0 Å². The average molecular weight is 181 g/mol. The highest BCUT2D eigenvalue weighted by molar-refractivity contribution is 6.41. The number of benzene rings is 1. The molecule has 14 heavy (non-hydrogen) atoms. The van der Waals surface area contributed by atoms with Crippen molar-refractivity contribution < 1.29 is 4.42 Å². The van der Waals surface area contributed by atoms with Gasteiger partial charge in [-0.1, -0.05) is 17.6 Å². The lowest BCUT2D eigenvalue weighted by atomic mass is 9.91. The number of rotatable bonds is 0. The van der Waals surface area contributed by atoms with Gasteiger partial charge in [-0.3, -0.25) is 0 Å². The predicted molar refractivity (Wildman–Crippen MR) is 59.7 cm³/mol. The molecule has 0 saturated heterocycles. The minimum absolute atomic E-state index is 0.719. The van der Waals surface area contributed by atoms with Gasteiger partial charge in [0.2, 0.25) is 5.71 Å². The van der Waals surface area contributed by atoms with Crippen LogP contribution >= 0.6 is 0 Å². The largest absolute Gasteiger partial charge is 0.438 e. The maximum Gasteiger partial charge on any atom is 0.227 e. The Labute approximate surface area is 82.0 Å². The summed E-state index contributed by atoms with van der Waals surface area (Å²) < 4.78 is 5.62. The molecule has 0 saturated carbocycles. The summed E-state index contributed by atoms with van der Waals surface area (Å²) in [6, 6.07) is 10.0. The van der Waals surface area contributed by atoms with Crippen molar-refractivity contribution >= 4 is 35.4 Å². The lowest BCUT2D eigenvalue weighted by Gasteiger charge is -1.92. The molecule has 0 atom stereocenters. The lowest BCUT2D eigenvalue weighted by Crippen LogP contribution is -2.00. The van der Waals surface area contributed by atoms with Crippen LogP contribution in [0.15, 0.2) is 40.9 Å². The molecule has 0 unspecified atom stereocenters. The van der Waals surface area contributed by atoms with Crippen molar-refractivity contribution in [3.05, 3.63) is 36.5 Å². The predicted octanol–water partition coefficient (Wildman–Crippen LogP) is 1.24. The second kappa shape index (κ2) is 2.61. The topological polar surface area (TPSA) is 26.0 Å². The third-order valence-corrected chi connectivity index (χ3v) is 2.48. The fourth-order valence-electron chi connectivity index (χ4n) is 1.84. The second-order valence-corrected chi connectivity index (χ2v) is 3.41. The van der Waals surface area contributed by atoms with Crippen LogP contribution < -0.4 is 5.46 Å². The number of hydrogen-bond donors (Lipinski definition) is 0. The van der Waals surface area contributed by atoms with E-state index in [0.29, 0.717) is 0 Å². The van der Waals surface area contributed by atoms with Gasteiger partial charge in [-0.05, 0) is 18.2 Å². The first kappa shape index (κ1) is 7.62. The van der Waals surface area contributed by atoms with E-state index in [4.69, 9.17) is 4.42 Å². The van der Waals surface area contributed by atoms with Gasteiger partial charge in [0.05, 0.1) is 0 Å².